The highest BCUT2D eigenvalue weighted by Gasteiger charge is 2.22. The van der Waals surface area contributed by atoms with Gasteiger partial charge in [0.05, 0.1) is 0 Å². The molecule has 1 aliphatic rings. The first-order chi connectivity index (χ1) is 6.81. The van der Waals surface area contributed by atoms with E-state index in [1.54, 1.807) is 0 Å². The van der Waals surface area contributed by atoms with Gasteiger partial charge < -0.3 is 10.6 Å². The summed E-state index contributed by atoms with van der Waals surface area (Å²) in [5.41, 5.74) is 6.92. The highest BCUT2D eigenvalue weighted by Crippen LogP contribution is 2.23. The second-order valence-electron chi connectivity index (χ2n) is 3.98. The number of aromatic nitrogens is 1. The Hall–Kier alpha value is -1.09. The topological polar surface area (TPSA) is 42.2 Å². The predicted octanol–water partition coefficient (Wildman–Crippen LogP) is 1.18. The second-order valence-corrected chi connectivity index (χ2v) is 3.98. The molecule has 1 aliphatic heterocycles. The normalized spacial score (nSPS) is 21.6. The zero-order valence-electron chi connectivity index (χ0n) is 8.61. The number of nitrogens with zero attached hydrogens (tertiary/aromatic N) is 2. The molecule has 0 amide bonds. The van der Waals surface area contributed by atoms with Crippen molar-refractivity contribution in [2.45, 2.75) is 13.3 Å². The summed E-state index contributed by atoms with van der Waals surface area (Å²) in [7, 11) is 0. The van der Waals surface area contributed by atoms with E-state index in [1.165, 1.54) is 12.0 Å². The summed E-state index contributed by atoms with van der Waals surface area (Å²) in [5, 5.41) is 0. The van der Waals surface area contributed by atoms with Crippen LogP contribution >= 0.6 is 0 Å². The number of pyridine rings is 1. The molecule has 1 fully saturated rings. The van der Waals surface area contributed by atoms with Crippen molar-refractivity contribution >= 4 is 5.82 Å². The van der Waals surface area contributed by atoms with E-state index in [0.29, 0.717) is 5.92 Å². The highest BCUT2D eigenvalue weighted by molar-refractivity contribution is 5.46. The van der Waals surface area contributed by atoms with Crippen molar-refractivity contribution in [1.82, 2.24) is 4.98 Å². The first kappa shape index (κ1) is 9.46. The van der Waals surface area contributed by atoms with E-state index in [-0.39, 0.29) is 0 Å². The van der Waals surface area contributed by atoms with Crippen molar-refractivity contribution in [2.75, 3.05) is 24.5 Å². The number of hydrogen-bond acceptors (Lipinski definition) is 3. The molecule has 0 bridgehead atoms. The molecule has 2 N–H and O–H groups in total. The molecule has 1 aromatic rings. The molecule has 2 rings (SSSR count). The van der Waals surface area contributed by atoms with Gasteiger partial charge in [-0.05, 0) is 37.4 Å². The fourth-order valence-electron chi connectivity index (χ4n) is 2.03. The van der Waals surface area contributed by atoms with Crippen LogP contribution < -0.4 is 10.6 Å². The second kappa shape index (κ2) is 3.96. The third kappa shape index (κ3) is 1.73. The first-order valence-corrected chi connectivity index (χ1v) is 5.18. The number of rotatable bonds is 2. The average molecular weight is 191 g/mol. The zero-order chi connectivity index (χ0) is 9.97. The van der Waals surface area contributed by atoms with Crippen LogP contribution in [-0.2, 0) is 0 Å². The minimum Gasteiger partial charge on any atom is -0.356 e. The Balaban J connectivity index is 2.13. The maximum Gasteiger partial charge on any atom is 0.131 e. The molecule has 1 saturated heterocycles. The molecule has 1 unspecified atom stereocenters. The number of aryl methyl sites for hydroxylation is 1. The van der Waals surface area contributed by atoms with E-state index in [0.717, 1.165) is 25.5 Å². The summed E-state index contributed by atoms with van der Waals surface area (Å²) >= 11 is 0. The van der Waals surface area contributed by atoms with Crippen LogP contribution in [0.15, 0.2) is 18.3 Å². The van der Waals surface area contributed by atoms with E-state index in [4.69, 9.17) is 5.73 Å². The van der Waals surface area contributed by atoms with Crippen LogP contribution in [0.25, 0.3) is 0 Å². The third-order valence-corrected chi connectivity index (χ3v) is 2.90. The summed E-state index contributed by atoms with van der Waals surface area (Å²) in [5.74, 6) is 1.78. The molecule has 0 spiro atoms. The van der Waals surface area contributed by atoms with Gasteiger partial charge in [0.1, 0.15) is 5.82 Å². The molecular formula is C11H17N3. The standard InChI is InChI=1S/C11H17N3/c1-9-3-2-5-13-11(9)14-6-4-10(7-12)8-14/h2-3,5,10H,4,6-8,12H2,1H3. The Bertz CT molecular complexity index is 311. The van der Waals surface area contributed by atoms with Gasteiger partial charge in [-0.2, -0.15) is 0 Å². The van der Waals surface area contributed by atoms with Gasteiger partial charge in [-0.15, -0.1) is 0 Å². The molecule has 76 valence electrons. The maximum atomic E-state index is 5.67. The summed E-state index contributed by atoms with van der Waals surface area (Å²) in [6, 6.07) is 4.09. The SMILES string of the molecule is Cc1cccnc1N1CCC(CN)C1. The van der Waals surface area contributed by atoms with E-state index in [1.807, 2.05) is 12.3 Å². The summed E-state index contributed by atoms with van der Waals surface area (Å²) in [6.45, 7) is 5.06. The minimum absolute atomic E-state index is 0.649. The number of anilines is 1. The number of nitrogens with two attached hydrogens (primary N) is 1. The lowest BCUT2D eigenvalue weighted by molar-refractivity contribution is 0.602. The third-order valence-electron chi connectivity index (χ3n) is 2.90. The van der Waals surface area contributed by atoms with Crippen molar-refractivity contribution in [3.05, 3.63) is 23.9 Å². The van der Waals surface area contributed by atoms with Crippen molar-refractivity contribution in [1.29, 1.82) is 0 Å². The van der Waals surface area contributed by atoms with E-state index in [2.05, 4.69) is 22.9 Å². The minimum atomic E-state index is 0.649. The molecule has 3 nitrogen and oxygen atoms in total. The van der Waals surface area contributed by atoms with Crippen LogP contribution in [0.1, 0.15) is 12.0 Å². The molecule has 0 aromatic carbocycles. The molecule has 3 heteroatoms. The van der Waals surface area contributed by atoms with Gasteiger partial charge >= 0.3 is 0 Å². The van der Waals surface area contributed by atoms with Gasteiger partial charge in [0.25, 0.3) is 0 Å². The monoisotopic (exact) mass is 191 g/mol. The maximum absolute atomic E-state index is 5.67. The zero-order valence-corrected chi connectivity index (χ0v) is 8.61. The number of hydrogen-bond donors (Lipinski definition) is 1. The lowest BCUT2D eigenvalue weighted by Crippen LogP contribution is -2.24. The van der Waals surface area contributed by atoms with Gasteiger partial charge in [0, 0.05) is 19.3 Å². The van der Waals surface area contributed by atoms with Crippen molar-refractivity contribution in [2.24, 2.45) is 11.7 Å². The molecule has 0 radical (unpaired) electrons. The van der Waals surface area contributed by atoms with Crippen LogP contribution in [-0.4, -0.2) is 24.6 Å². The fraction of sp³-hybridized carbons (Fsp3) is 0.545. The van der Waals surface area contributed by atoms with Gasteiger partial charge in [0.15, 0.2) is 0 Å². The Kier molecular flexibility index (Phi) is 2.68. The van der Waals surface area contributed by atoms with Crippen LogP contribution in [0, 0.1) is 12.8 Å². The quantitative estimate of drug-likeness (QED) is 0.763. The van der Waals surface area contributed by atoms with E-state index < -0.39 is 0 Å². The lowest BCUT2D eigenvalue weighted by Gasteiger charge is -2.18. The summed E-state index contributed by atoms with van der Waals surface area (Å²) < 4.78 is 0. The van der Waals surface area contributed by atoms with Crippen LogP contribution in [0.3, 0.4) is 0 Å². The van der Waals surface area contributed by atoms with E-state index >= 15 is 0 Å². The molecule has 1 aromatic heterocycles. The largest absolute Gasteiger partial charge is 0.356 e. The van der Waals surface area contributed by atoms with Crippen LogP contribution in [0.2, 0.25) is 0 Å². The smallest absolute Gasteiger partial charge is 0.131 e. The van der Waals surface area contributed by atoms with Crippen molar-refractivity contribution in [3.63, 3.8) is 0 Å². The van der Waals surface area contributed by atoms with Crippen molar-refractivity contribution < 1.29 is 0 Å². The molecule has 2 heterocycles. The summed E-state index contributed by atoms with van der Waals surface area (Å²) in [6.07, 6.45) is 3.06. The lowest BCUT2D eigenvalue weighted by atomic mass is 10.1. The molecular weight excluding hydrogens is 174 g/mol. The van der Waals surface area contributed by atoms with Crippen LogP contribution in [0.4, 0.5) is 5.82 Å². The van der Waals surface area contributed by atoms with E-state index in [9.17, 15) is 0 Å². The Morgan fingerprint density at radius 2 is 2.50 bits per heavy atom. The van der Waals surface area contributed by atoms with Gasteiger partial charge in [0.2, 0.25) is 0 Å². The molecule has 1 atom stereocenters. The molecule has 14 heavy (non-hydrogen) atoms. The molecule has 0 aliphatic carbocycles. The fourth-order valence-corrected chi connectivity index (χ4v) is 2.03. The predicted molar refractivity (Wildman–Crippen MR) is 58.3 cm³/mol. The van der Waals surface area contributed by atoms with Gasteiger partial charge in [-0.25, -0.2) is 4.98 Å². The average Bonchev–Trinajstić information content (AvgIpc) is 2.67. The van der Waals surface area contributed by atoms with Crippen LogP contribution in [0.5, 0.6) is 0 Å². The molecule has 0 saturated carbocycles. The Morgan fingerprint density at radius 3 is 3.14 bits per heavy atom. The van der Waals surface area contributed by atoms with Gasteiger partial charge in [-0.3, -0.25) is 0 Å². The van der Waals surface area contributed by atoms with Gasteiger partial charge in [-0.1, -0.05) is 6.07 Å². The first-order valence-electron chi connectivity index (χ1n) is 5.18. The summed E-state index contributed by atoms with van der Waals surface area (Å²) in [4.78, 5) is 6.75. The Morgan fingerprint density at radius 1 is 1.64 bits per heavy atom. The Labute approximate surface area is 84.9 Å². The highest BCUT2D eigenvalue weighted by atomic mass is 15.2. The van der Waals surface area contributed by atoms with Crippen molar-refractivity contribution in [3.8, 4) is 0 Å².